The third-order valence-corrected chi connectivity index (χ3v) is 19.5. The van der Waals surface area contributed by atoms with Gasteiger partial charge in [0.25, 0.3) is 5.56 Å². The van der Waals surface area contributed by atoms with Crippen LogP contribution in [0.2, 0.25) is 0 Å². The molecule has 1 aromatic rings. The summed E-state index contributed by atoms with van der Waals surface area (Å²) in [6, 6.07) is -0.690. The normalized spacial score (nSPS) is 37.2. The Balaban J connectivity index is 1.01. The van der Waals surface area contributed by atoms with E-state index in [4.69, 9.17) is 24.5 Å². The summed E-state index contributed by atoms with van der Waals surface area (Å²) in [6.07, 6.45) is 9.22. The molecule has 1 saturated heterocycles. The lowest BCUT2D eigenvalue weighted by molar-refractivity contribution is -0.252. The number of rotatable bonds is 14. The molecule has 13 atom stereocenters. The largest absolute Gasteiger partial charge is 0.481 e. The molecular weight excluding hydrogens is 871 g/mol. The minimum atomic E-state index is -1.23. The number of carboxylic acids is 1. The molecule has 7 rings (SSSR count). The van der Waals surface area contributed by atoms with E-state index in [-0.39, 0.29) is 65.7 Å². The van der Waals surface area contributed by atoms with E-state index in [1.807, 2.05) is 0 Å². The molecule has 0 spiro atoms. The fraction of sp³-hybridized carbons (Fsp3) is 0.808. The molecule has 6 aliphatic rings. The van der Waals surface area contributed by atoms with Crippen LogP contribution in [0.4, 0.5) is 0 Å². The van der Waals surface area contributed by atoms with Crippen molar-refractivity contribution in [3.63, 3.8) is 0 Å². The summed E-state index contributed by atoms with van der Waals surface area (Å²) in [5.74, 6) is -0.687. The van der Waals surface area contributed by atoms with Crippen LogP contribution in [0.15, 0.2) is 33.1 Å². The molecule has 3 N–H and O–H groups in total. The van der Waals surface area contributed by atoms with Gasteiger partial charge in [0, 0.05) is 29.0 Å². The van der Waals surface area contributed by atoms with Crippen LogP contribution >= 0.6 is 0 Å². The van der Waals surface area contributed by atoms with E-state index >= 15 is 0 Å². The van der Waals surface area contributed by atoms with Crippen molar-refractivity contribution in [3.8, 4) is 0 Å². The number of nitrogens with zero attached hydrogens (tertiary/aromatic N) is 3. The van der Waals surface area contributed by atoms with Crippen molar-refractivity contribution in [2.24, 2.45) is 72.6 Å². The molecule has 5 aliphatic carbocycles. The molecule has 1 aliphatic heterocycles. The number of carbonyl (C=O) groups is 4. The Morgan fingerprint density at radius 1 is 0.912 bits per heavy atom. The lowest BCUT2D eigenvalue weighted by Crippen LogP contribution is -2.67. The van der Waals surface area contributed by atoms with Crippen LogP contribution in [0.3, 0.4) is 0 Å². The summed E-state index contributed by atoms with van der Waals surface area (Å²) in [4.78, 5) is 82.4. The number of hydrogen-bond acceptors (Lipinski definition) is 12. The maximum atomic E-state index is 13.8. The summed E-state index contributed by atoms with van der Waals surface area (Å²) >= 11 is 0. The van der Waals surface area contributed by atoms with Crippen LogP contribution in [0.5, 0.6) is 0 Å². The predicted octanol–water partition coefficient (Wildman–Crippen LogP) is 8.62. The zero-order chi connectivity index (χ0) is 50.2. The first-order chi connectivity index (χ1) is 31.6. The second kappa shape index (κ2) is 18.1. The van der Waals surface area contributed by atoms with Gasteiger partial charge in [0.15, 0.2) is 6.04 Å². The van der Waals surface area contributed by atoms with Gasteiger partial charge in [-0.2, -0.15) is 0 Å². The van der Waals surface area contributed by atoms with Crippen molar-refractivity contribution in [1.29, 1.82) is 5.53 Å². The first kappa shape index (κ1) is 51.4. The van der Waals surface area contributed by atoms with E-state index < -0.39 is 64.3 Å². The van der Waals surface area contributed by atoms with Crippen LogP contribution in [0, 0.1) is 79.9 Å². The van der Waals surface area contributed by atoms with Crippen LogP contribution < -0.4 is 16.2 Å². The maximum absolute atomic E-state index is 13.8. The molecule has 1 aromatic heterocycles. The lowest BCUT2D eigenvalue weighted by Gasteiger charge is -2.73. The number of carbonyl (C=O) groups excluding carboxylic acids is 3. The van der Waals surface area contributed by atoms with Crippen molar-refractivity contribution < 1.29 is 43.2 Å². The number of aromatic amines is 1. The minimum Gasteiger partial charge on any atom is -0.481 e. The Kier molecular flexibility index (Phi) is 13.7. The van der Waals surface area contributed by atoms with Crippen LogP contribution in [-0.2, 0) is 38.1 Å². The van der Waals surface area contributed by atoms with Gasteiger partial charge in [0.05, 0.1) is 30.3 Å². The van der Waals surface area contributed by atoms with Crippen molar-refractivity contribution in [2.45, 2.75) is 184 Å². The fourth-order valence-electron chi connectivity index (χ4n) is 15.5. The highest BCUT2D eigenvalue weighted by atomic mass is 16.6. The van der Waals surface area contributed by atoms with Gasteiger partial charge in [-0.05, 0) is 152 Å². The minimum absolute atomic E-state index is 0.0424. The molecule has 2 heterocycles. The van der Waals surface area contributed by atoms with Gasteiger partial charge in [0.1, 0.15) is 35.7 Å². The highest BCUT2D eigenvalue weighted by Crippen LogP contribution is 2.77. The Bertz CT molecular complexity index is 2360. The molecule has 0 radical (unpaired) electrons. The number of allylic oxidation sites excluding steroid dienone is 1. The molecule has 5 saturated carbocycles. The van der Waals surface area contributed by atoms with Gasteiger partial charge in [0.2, 0.25) is 4.91 Å². The number of ether oxygens (including phenoxy) is 4. The molecule has 0 amide bonds. The fourth-order valence-corrected chi connectivity index (χ4v) is 15.5. The van der Waals surface area contributed by atoms with Crippen LogP contribution in [-0.4, -0.2) is 70.0 Å². The Labute approximate surface area is 400 Å². The number of aliphatic carboxylic acids is 1. The zero-order valence-corrected chi connectivity index (χ0v) is 42.5. The number of aromatic nitrogens is 2. The monoisotopic (exact) mass is 949 g/mol. The SMILES string of the molecule is C=C(C)[C@@H]1CC[C@]2(COC(=O)CC(C)(C)C(=O)OCC3OC(n4cc(C)c(=O)[nH]c4=O)CC3N=[N+]=N)CC[C@]3(C)[C@H](CC[C@@H]4[C@@]5(C)CC[C@H](OC(=O)CC(C)(C)C(=O)O)C(C)(C)[C@@H]5CC[C@]43C)[C@@H]12. The van der Waals surface area contributed by atoms with Gasteiger partial charge in [-0.1, -0.05) is 46.8 Å². The molecule has 16 nitrogen and oxygen atoms in total. The van der Waals surface area contributed by atoms with E-state index in [2.05, 4.69) is 63.1 Å². The average molecular weight is 949 g/mol. The Hall–Kier alpha value is -4.43. The second-order valence-electron chi connectivity index (χ2n) is 24.7. The molecule has 68 heavy (non-hydrogen) atoms. The number of esters is 3. The summed E-state index contributed by atoms with van der Waals surface area (Å²) in [5, 5.41) is 13.6. The molecule has 6 fully saturated rings. The lowest BCUT2D eigenvalue weighted by atomic mass is 9.32. The smallest absolute Gasteiger partial charge is 0.330 e. The van der Waals surface area contributed by atoms with Crippen molar-refractivity contribution in [1.82, 2.24) is 14.5 Å². The summed E-state index contributed by atoms with van der Waals surface area (Å²) in [7, 11) is 0. The van der Waals surface area contributed by atoms with Crippen LogP contribution in [0.1, 0.15) is 164 Å². The van der Waals surface area contributed by atoms with Crippen molar-refractivity contribution in [3.05, 3.63) is 44.8 Å². The molecule has 16 heteroatoms. The Morgan fingerprint density at radius 3 is 2.26 bits per heavy atom. The summed E-state index contributed by atoms with van der Waals surface area (Å²) < 4.78 is 25.5. The first-order valence-corrected chi connectivity index (χ1v) is 25.0. The van der Waals surface area contributed by atoms with E-state index in [1.54, 1.807) is 34.6 Å². The number of H-pyrrole nitrogens is 1. The number of hydrogen-bond donors (Lipinski definition) is 3. The van der Waals surface area contributed by atoms with Gasteiger partial charge in [-0.3, -0.25) is 33.5 Å². The van der Waals surface area contributed by atoms with Gasteiger partial charge < -0.3 is 24.1 Å². The van der Waals surface area contributed by atoms with Crippen molar-refractivity contribution >= 4 is 23.9 Å². The molecule has 3 unspecified atom stereocenters. The van der Waals surface area contributed by atoms with Gasteiger partial charge in [-0.25, -0.2) is 4.79 Å². The second-order valence-corrected chi connectivity index (χ2v) is 24.7. The Morgan fingerprint density at radius 2 is 1.60 bits per heavy atom. The first-order valence-electron chi connectivity index (χ1n) is 25.0. The quantitative estimate of drug-likeness (QED) is 0.0525. The van der Waals surface area contributed by atoms with E-state index in [9.17, 15) is 33.9 Å². The number of carboxylic acid groups (broad SMARTS) is 1. The highest BCUT2D eigenvalue weighted by molar-refractivity contribution is 5.83. The third kappa shape index (κ3) is 8.76. The summed E-state index contributed by atoms with van der Waals surface area (Å²) in [5.41, 5.74) is 4.89. The molecular formula is C52H78N5O11+. The number of fused-ring (bicyclic) bond motifs is 7. The highest BCUT2D eigenvalue weighted by Gasteiger charge is 2.71. The zero-order valence-electron chi connectivity index (χ0n) is 42.5. The molecule has 0 aromatic carbocycles. The topological polar surface area (TPSA) is 231 Å². The van der Waals surface area contributed by atoms with Crippen LogP contribution in [0.25, 0.3) is 0 Å². The number of nitrogens with one attached hydrogen (secondary N) is 2. The molecule has 0 bridgehead atoms. The summed E-state index contributed by atoms with van der Waals surface area (Å²) in [6.45, 7) is 26.9. The molecule has 376 valence electrons. The van der Waals surface area contributed by atoms with E-state index in [1.165, 1.54) is 16.3 Å². The van der Waals surface area contributed by atoms with Gasteiger partial charge >= 0.3 is 29.6 Å². The van der Waals surface area contributed by atoms with E-state index in [0.717, 1.165) is 64.2 Å². The van der Waals surface area contributed by atoms with E-state index in [0.29, 0.717) is 35.2 Å². The average Bonchev–Trinajstić information content (AvgIpc) is 3.83. The van der Waals surface area contributed by atoms with Crippen molar-refractivity contribution in [2.75, 3.05) is 13.2 Å². The predicted molar refractivity (Wildman–Crippen MR) is 251 cm³/mol. The maximum Gasteiger partial charge on any atom is 0.330 e. The van der Waals surface area contributed by atoms with Gasteiger partial charge in [-0.15, -0.1) is 0 Å². The third-order valence-electron chi connectivity index (χ3n) is 19.5. The standard InChI is InChI=1S/C52H77N5O11/c1-29(2)31-15-20-52(28-66-39(58)24-47(6,7)44(63)65-27-34-33(55-56-53)23-38(67-34)57-26-30(3)42(60)54-45(57)64)22-21-50(11)32(41(31)52)13-14-36-49(10)18-17-37(68-40(59)25-46(4,5)43(61)62)48(8,9)35(49)16-19-51(36,50)12/h26,31-38,41,53H,1,13-25,27-28H2,2-12H3,(H-,54,60,61,62,64)/p+1/t31-,32+,33?,34?,35-,36+,37-,38?,41+,49-,50+,51+,52+/m0/s1. The number of aryl methyl sites for hydroxylation is 1.